The van der Waals surface area contributed by atoms with E-state index in [9.17, 15) is 8.42 Å². The van der Waals surface area contributed by atoms with Crippen molar-refractivity contribution in [3.63, 3.8) is 0 Å². The van der Waals surface area contributed by atoms with E-state index in [1.165, 1.54) is 0 Å². The number of hydrogen-bond acceptors (Lipinski definition) is 4. The Labute approximate surface area is 106 Å². The second-order valence-corrected chi connectivity index (χ2v) is 6.28. The van der Waals surface area contributed by atoms with Crippen molar-refractivity contribution in [1.82, 2.24) is 14.9 Å². The van der Waals surface area contributed by atoms with Crippen LogP contribution in [-0.2, 0) is 10.0 Å². The molecule has 0 saturated carbocycles. The van der Waals surface area contributed by atoms with E-state index in [1.54, 1.807) is 0 Å². The molecule has 0 heterocycles. The van der Waals surface area contributed by atoms with Gasteiger partial charge in [-0.2, -0.15) is 0 Å². The molecule has 0 amide bonds. The Morgan fingerprint density at radius 2 is 1.71 bits per heavy atom. The van der Waals surface area contributed by atoms with Crippen LogP contribution in [0, 0.1) is 0 Å². The van der Waals surface area contributed by atoms with Crippen LogP contribution in [0.1, 0.15) is 27.7 Å². The molecule has 0 fully saturated rings. The standard InChI is InChI=1S/C11H27N3O2S/c1-5-14(6-2)9-7-13-17(15,16)10-8-12-11(3)4/h11-13H,5-10H2,1-4H3. The van der Waals surface area contributed by atoms with E-state index in [0.29, 0.717) is 19.1 Å². The van der Waals surface area contributed by atoms with Crippen molar-refractivity contribution in [3.05, 3.63) is 0 Å². The lowest BCUT2D eigenvalue weighted by Crippen LogP contribution is -2.38. The minimum Gasteiger partial charge on any atom is -0.313 e. The molecule has 2 N–H and O–H groups in total. The molecule has 0 saturated heterocycles. The van der Waals surface area contributed by atoms with Crippen LogP contribution in [0.2, 0.25) is 0 Å². The lowest BCUT2D eigenvalue weighted by atomic mass is 10.4. The number of likely N-dealkylation sites (N-methyl/N-ethyl adjacent to an activating group) is 1. The van der Waals surface area contributed by atoms with Crippen LogP contribution in [0.3, 0.4) is 0 Å². The van der Waals surface area contributed by atoms with Gasteiger partial charge in [-0.15, -0.1) is 0 Å². The van der Waals surface area contributed by atoms with Crippen LogP contribution >= 0.6 is 0 Å². The van der Waals surface area contributed by atoms with Crippen molar-refractivity contribution < 1.29 is 8.42 Å². The Morgan fingerprint density at radius 3 is 2.18 bits per heavy atom. The maximum atomic E-state index is 11.6. The molecule has 0 aromatic heterocycles. The maximum absolute atomic E-state index is 11.6. The fourth-order valence-corrected chi connectivity index (χ4v) is 2.39. The van der Waals surface area contributed by atoms with Crippen molar-refractivity contribution >= 4 is 10.0 Å². The van der Waals surface area contributed by atoms with Crippen molar-refractivity contribution in [3.8, 4) is 0 Å². The number of nitrogens with one attached hydrogen (secondary N) is 2. The van der Waals surface area contributed by atoms with E-state index in [1.807, 2.05) is 13.8 Å². The van der Waals surface area contributed by atoms with Gasteiger partial charge in [0.1, 0.15) is 0 Å². The second kappa shape index (κ2) is 8.85. The average molecular weight is 265 g/mol. The summed E-state index contributed by atoms with van der Waals surface area (Å²) in [6.45, 7) is 11.8. The highest BCUT2D eigenvalue weighted by Crippen LogP contribution is 1.88. The summed E-state index contributed by atoms with van der Waals surface area (Å²) in [5.41, 5.74) is 0. The highest BCUT2D eigenvalue weighted by Gasteiger charge is 2.09. The highest BCUT2D eigenvalue weighted by atomic mass is 32.2. The first-order chi connectivity index (χ1) is 7.91. The number of sulfonamides is 1. The van der Waals surface area contributed by atoms with E-state index in [4.69, 9.17) is 0 Å². The predicted molar refractivity (Wildman–Crippen MR) is 72.7 cm³/mol. The fourth-order valence-electron chi connectivity index (χ4n) is 1.45. The van der Waals surface area contributed by atoms with E-state index < -0.39 is 10.0 Å². The van der Waals surface area contributed by atoms with Gasteiger partial charge in [0.05, 0.1) is 5.75 Å². The first kappa shape index (κ1) is 16.8. The summed E-state index contributed by atoms with van der Waals surface area (Å²) in [6.07, 6.45) is 0. The molecule has 0 aromatic rings. The Kier molecular flexibility index (Phi) is 8.77. The van der Waals surface area contributed by atoms with Crippen LogP contribution in [0.4, 0.5) is 0 Å². The number of rotatable bonds is 10. The van der Waals surface area contributed by atoms with Gasteiger partial charge in [0.15, 0.2) is 0 Å². The van der Waals surface area contributed by atoms with Gasteiger partial charge in [-0.25, -0.2) is 13.1 Å². The first-order valence-electron chi connectivity index (χ1n) is 6.34. The summed E-state index contributed by atoms with van der Waals surface area (Å²) in [5, 5.41) is 3.09. The molecule has 0 rings (SSSR count). The Morgan fingerprint density at radius 1 is 1.12 bits per heavy atom. The molecule has 0 aromatic carbocycles. The molecule has 0 aliphatic rings. The maximum Gasteiger partial charge on any atom is 0.212 e. The third-order valence-corrected chi connectivity index (χ3v) is 3.95. The monoisotopic (exact) mass is 265 g/mol. The van der Waals surface area contributed by atoms with Gasteiger partial charge in [0, 0.05) is 25.7 Å². The molecule has 17 heavy (non-hydrogen) atoms. The normalized spacial score (nSPS) is 12.6. The molecule has 0 unspecified atom stereocenters. The van der Waals surface area contributed by atoms with E-state index in [2.05, 4.69) is 28.8 Å². The Bertz CT molecular complexity index is 274. The molecule has 0 aliphatic carbocycles. The summed E-state index contributed by atoms with van der Waals surface area (Å²) >= 11 is 0. The van der Waals surface area contributed by atoms with Crippen molar-refractivity contribution in [2.24, 2.45) is 0 Å². The highest BCUT2D eigenvalue weighted by molar-refractivity contribution is 7.89. The third kappa shape index (κ3) is 9.52. The number of hydrogen-bond donors (Lipinski definition) is 2. The van der Waals surface area contributed by atoms with Gasteiger partial charge in [0.25, 0.3) is 0 Å². The van der Waals surface area contributed by atoms with Gasteiger partial charge >= 0.3 is 0 Å². The fraction of sp³-hybridized carbons (Fsp3) is 1.00. The minimum absolute atomic E-state index is 0.142. The SMILES string of the molecule is CCN(CC)CCNS(=O)(=O)CCNC(C)C. The molecule has 6 heteroatoms. The first-order valence-corrected chi connectivity index (χ1v) is 7.99. The van der Waals surface area contributed by atoms with E-state index >= 15 is 0 Å². The van der Waals surface area contributed by atoms with Crippen molar-refractivity contribution in [2.75, 3.05) is 38.5 Å². The Balaban J connectivity index is 3.78. The molecule has 0 bridgehead atoms. The predicted octanol–water partition coefficient (Wildman–Crippen LogP) is 0.246. The molecular weight excluding hydrogens is 238 g/mol. The van der Waals surface area contributed by atoms with Gasteiger partial charge in [-0.3, -0.25) is 0 Å². The van der Waals surface area contributed by atoms with Crippen LogP contribution < -0.4 is 10.0 Å². The zero-order valence-corrected chi connectivity index (χ0v) is 12.3. The quantitative estimate of drug-likeness (QED) is 0.594. The van der Waals surface area contributed by atoms with Gasteiger partial charge < -0.3 is 10.2 Å². The zero-order chi connectivity index (χ0) is 13.3. The van der Waals surface area contributed by atoms with E-state index in [0.717, 1.165) is 19.6 Å². The summed E-state index contributed by atoms with van der Waals surface area (Å²) in [4.78, 5) is 2.19. The third-order valence-electron chi connectivity index (χ3n) is 2.57. The molecule has 0 aliphatic heterocycles. The molecule has 104 valence electrons. The number of nitrogens with zero attached hydrogens (tertiary/aromatic N) is 1. The van der Waals surface area contributed by atoms with E-state index in [-0.39, 0.29) is 5.75 Å². The van der Waals surface area contributed by atoms with Crippen LogP contribution in [0.25, 0.3) is 0 Å². The Hall–Kier alpha value is -0.170. The largest absolute Gasteiger partial charge is 0.313 e. The second-order valence-electron chi connectivity index (χ2n) is 4.35. The molecule has 0 spiro atoms. The van der Waals surface area contributed by atoms with Crippen molar-refractivity contribution in [1.29, 1.82) is 0 Å². The van der Waals surface area contributed by atoms with Gasteiger partial charge in [0.2, 0.25) is 10.0 Å². The molecule has 0 atom stereocenters. The summed E-state index contributed by atoms with van der Waals surface area (Å²) < 4.78 is 25.8. The molecule has 5 nitrogen and oxygen atoms in total. The van der Waals surface area contributed by atoms with Gasteiger partial charge in [-0.05, 0) is 13.1 Å². The average Bonchev–Trinajstić information content (AvgIpc) is 2.23. The molecular formula is C11H27N3O2S. The summed E-state index contributed by atoms with van der Waals surface area (Å²) in [5.74, 6) is 0.142. The van der Waals surface area contributed by atoms with Crippen LogP contribution in [0.15, 0.2) is 0 Å². The minimum atomic E-state index is -3.13. The molecule has 0 radical (unpaired) electrons. The summed E-state index contributed by atoms with van der Waals surface area (Å²) in [6, 6.07) is 0.320. The zero-order valence-electron chi connectivity index (χ0n) is 11.5. The lowest BCUT2D eigenvalue weighted by Gasteiger charge is -2.18. The van der Waals surface area contributed by atoms with Crippen LogP contribution in [0.5, 0.6) is 0 Å². The topological polar surface area (TPSA) is 61.4 Å². The van der Waals surface area contributed by atoms with Crippen molar-refractivity contribution in [2.45, 2.75) is 33.7 Å². The summed E-state index contributed by atoms with van der Waals surface area (Å²) in [7, 11) is -3.13. The van der Waals surface area contributed by atoms with Gasteiger partial charge in [-0.1, -0.05) is 27.7 Å². The van der Waals surface area contributed by atoms with Crippen LogP contribution in [-0.4, -0.2) is 57.8 Å². The lowest BCUT2D eigenvalue weighted by molar-refractivity contribution is 0.309. The smallest absolute Gasteiger partial charge is 0.212 e.